The van der Waals surface area contributed by atoms with Crippen LogP contribution in [0.15, 0.2) is 40.9 Å². The summed E-state index contributed by atoms with van der Waals surface area (Å²) in [7, 11) is 1.57. The molecule has 0 unspecified atom stereocenters. The molecule has 1 aromatic heterocycles. The van der Waals surface area contributed by atoms with Crippen LogP contribution in [0.3, 0.4) is 0 Å². The molecule has 134 valence electrons. The van der Waals surface area contributed by atoms with E-state index in [0.717, 1.165) is 25.3 Å². The Morgan fingerprint density at radius 3 is 2.88 bits per heavy atom. The summed E-state index contributed by atoms with van der Waals surface area (Å²) in [6.07, 6.45) is 2.79. The second-order valence-corrected chi connectivity index (χ2v) is 7.16. The summed E-state index contributed by atoms with van der Waals surface area (Å²) in [5.41, 5.74) is 2.25. The number of carbonyl (C=O) groups is 1. The Labute approximate surface area is 162 Å². The van der Waals surface area contributed by atoms with Crippen molar-refractivity contribution in [3.63, 3.8) is 0 Å². The van der Waals surface area contributed by atoms with Crippen molar-refractivity contribution in [3.8, 4) is 5.75 Å². The van der Waals surface area contributed by atoms with Crippen molar-refractivity contribution in [2.75, 3.05) is 19.2 Å². The van der Waals surface area contributed by atoms with Crippen molar-refractivity contribution in [2.24, 2.45) is 0 Å². The number of ether oxygens (including phenoxy) is 2. The van der Waals surface area contributed by atoms with Crippen LogP contribution in [-0.2, 0) is 4.74 Å². The highest BCUT2D eigenvalue weighted by Crippen LogP contribution is 2.28. The largest absolute Gasteiger partial charge is 0.466 e. The third kappa shape index (κ3) is 4.60. The smallest absolute Gasteiger partial charge is 0.409 e. The molecule has 1 amide bonds. The van der Waals surface area contributed by atoms with Gasteiger partial charge in [0.15, 0.2) is 6.79 Å². The molecule has 0 saturated heterocycles. The summed E-state index contributed by atoms with van der Waals surface area (Å²) < 4.78 is 12.2. The zero-order chi connectivity index (χ0) is 18.5. The number of rotatable bonds is 6. The molecule has 0 aliphatic carbocycles. The minimum atomic E-state index is -1.09. The van der Waals surface area contributed by atoms with Gasteiger partial charge in [0.2, 0.25) is 0 Å². The van der Waals surface area contributed by atoms with Gasteiger partial charge >= 0.3 is 6.09 Å². The summed E-state index contributed by atoms with van der Waals surface area (Å²) in [5, 5.41) is 11.9. The Kier molecular flexibility index (Phi) is 5.87. The van der Waals surface area contributed by atoms with Gasteiger partial charge in [-0.3, -0.25) is 5.32 Å². The number of fused-ring (bicyclic) bond motifs is 1. The zero-order valence-corrected chi connectivity index (χ0v) is 16.1. The Morgan fingerprint density at radius 2 is 2.15 bits per heavy atom. The number of nitrogens with zero attached hydrogens (tertiary/aromatic N) is 1. The maximum atomic E-state index is 10.7. The molecule has 1 heterocycles. The van der Waals surface area contributed by atoms with E-state index < -0.39 is 6.09 Å². The summed E-state index contributed by atoms with van der Waals surface area (Å²) in [6, 6.07) is 11.0. The number of nitrogens with one attached hydrogen (secondary N) is 1. The number of amides is 1. The van der Waals surface area contributed by atoms with E-state index in [-0.39, 0.29) is 6.79 Å². The number of anilines is 1. The predicted octanol–water partition coefficient (Wildman–Crippen LogP) is 5.30. The molecule has 0 aliphatic rings. The van der Waals surface area contributed by atoms with Crippen LogP contribution in [0.5, 0.6) is 5.75 Å². The van der Waals surface area contributed by atoms with Crippen molar-refractivity contribution in [2.45, 2.75) is 0 Å². The van der Waals surface area contributed by atoms with E-state index in [2.05, 4.69) is 26.2 Å². The quantitative estimate of drug-likeness (QED) is 0.514. The highest BCUT2D eigenvalue weighted by atomic mass is 79.9. The molecule has 3 aromatic rings. The van der Waals surface area contributed by atoms with Gasteiger partial charge in [-0.15, -0.1) is 11.3 Å². The summed E-state index contributed by atoms with van der Waals surface area (Å²) in [6.45, 7) is 0.193. The highest BCUT2D eigenvalue weighted by molar-refractivity contribution is 9.10. The van der Waals surface area contributed by atoms with E-state index >= 15 is 0 Å². The first-order valence-corrected chi connectivity index (χ1v) is 9.16. The number of halogens is 1. The molecule has 0 fully saturated rings. The van der Waals surface area contributed by atoms with Gasteiger partial charge in [0.25, 0.3) is 0 Å². The van der Waals surface area contributed by atoms with Crippen molar-refractivity contribution in [3.05, 3.63) is 51.4 Å². The minimum Gasteiger partial charge on any atom is -0.466 e. The van der Waals surface area contributed by atoms with Crippen molar-refractivity contribution >= 4 is 61.4 Å². The van der Waals surface area contributed by atoms with Crippen molar-refractivity contribution in [1.29, 1.82) is 0 Å². The summed E-state index contributed by atoms with van der Waals surface area (Å²) >= 11 is 5.01. The highest BCUT2D eigenvalue weighted by Gasteiger charge is 2.05. The van der Waals surface area contributed by atoms with E-state index in [4.69, 9.17) is 14.6 Å². The molecule has 0 radical (unpaired) electrons. The van der Waals surface area contributed by atoms with Crippen molar-refractivity contribution in [1.82, 2.24) is 4.98 Å². The van der Waals surface area contributed by atoms with Crippen LogP contribution in [-0.4, -0.2) is 30.1 Å². The molecule has 8 heteroatoms. The summed E-state index contributed by atoms with van der Waals surface area (Å²) in [4.78, 5) is 15.2. The molecule has 0 bridgehead atoms. The monoisotopic (exact) mass is 434 g/mol. The van der Waals surface area contributed by atoms with Crippen LogP contribution in [0.25, 0.3) is 22.4 Å². The van der Waals surface area contributed by atoms with E-state index in [0.29, 0.717) is 11.4 Å². The molecule has 0 spiro atoms. The van der Waals surface area contributed by atoms with Gasteiger partial charge in [-0.2, -0.15) is 0 Å². The molecular formula is C18H15BrN2O4S. The number of carboxylic acid groups (broad SMARTS) is 1. The molecule has 2 N–H and O–H groups in total. The van der Waals surface area contributed by atoms with Gasteiger partial charge in [0.1, 0.15) is 10.8 Å². The van der Waals surface area contributed by atoms with Crippen LogP contribution in [0.2, 0.25) is 0 Å². The third-order valence-electron chi connectivity index (χ3n) is 3.36. The summed E-state index contributed by atoms with van der Waals surface area (Å²) in [5.74, 6) is 0.711. The van der Waals surface area contributed by atoms with E-state index in [1.54, 1.807) is 19.2 Å². The van der Waals surface area contributed by atoms with Crippen LogP contribution in [0, 0.1) is 0 Å². The number of thiazole rings is 1. The second-order valence-electron chi connectivity index (χ2n) is 5.24. The Hall–Kier alpha value is -2.42. The molecular weight excluding hydrogens is 420 g/mol. The van der Waals surface area contributed by atoms with Crippen molar-refractivity contribution < 1.29 is 19.4 Å². The molecule has 26 heavy (non-hydrogen) atoms. The second kappa shape index (κ2) is 8.31. The lowest BCUT2D eigenvalue weighted by Gasteiger charge is -2.07. The standard InChI is InChI=1S/C18H15BrN2O4S/c1-24-10-25-15-5-2-11(8-13(15)19)3-7-17-21-14-9-12(20-18(22)23)4-6-16(14)26-17/h2-9,20H,10H2,1H3,(H,22,23)/b7-3+. The Morgan fingerprint density at radius 1 is 1.31 bits per heavy atom. The number of hydrogen-bond donors (Lipinski definition) is 2. The van der Waals surface area contributed by atoms with Crippen LogP contribution < -0.4 is 10.1 Å². The van der Waals surface area contributed by atoms with Gasteiger partial charge in [-0.05, 0) is 57.9 Å². The third-order valence-corrected chi connectivity index (χ3v) is 4.98. The minimum absolute atomic E-state index is 0.193. The predicted molar refractivity (Wildman–Crippen MR) is 107 cm³/mol. The van der Waals surface area contributed by atoms with E-state index in [9.17, 15) is 4.79 Å². The lowest BCUT2D eigenvalue weighted by Crippen LogP contribution is -2.06. The first-order chi connectivity index (χ1) is 12.5. The molecule has 2 aromatic carbocycles. The molecule has 0 atom stereocenters. The van der Waals surface area contributed by atoms with Gasteiger partial charge in [0, 0.05) is 12.8 Å². The molecule has 0 aliphatic heterocycles. The average Bonchev–Trinajstić information content (AvgIpc) is 3.01. The van der Waals surface area contributed by atoms with Gasteiger partial charge in [-0.25, -0.2) is 9.78 Å². The van der Waals surface area contributed by atoms with Crippen LogP contribution in [0.1, 0.15) is 10.6 Å². The normalized spacial score (nSPS) is 11.2. The topological polar surface area (TPSA) is 80.7 Å². The fourth-order valence-electron chi connectivity index (χ4n) is 2.25. The van der Waals surface area contributed by atoms with E-state index in [1.165, 1.54) is 11.3 Å². The zero-order valence-electron chi connectivity index (χ0n) is 13.7. The van der Waals surface area contributed by atoms with Gasteiger partial charge in [-0.1, -0.05) is 12.1 Å². The molecule has 3 rings (SSSR count). The first-order valence-electron chi connectivity index (χ1n) is 7.55. The average molecular weight is 435 g/mol. The lowest BCUT2D eigenvalue weighted by molar-refractivity contribution is 0.0506. The van der Waals surface area contributed by atoms with Crippen LogP contribution >= 0.6 is 27.3 Å². The molecule has 6 nitrogen and oxygen atoms in total. The Balaban J connectivity index is 1.77. The van der Waals surface area contributed by atoms with Gasteiger partial charge in [0.05, 0.1) is 14.7 Å². The maximum Gasteiger partial charge on any atom is 0.409 e. The van der Waals surface area contributed by atoms with Crippen LogP contribution in [0.4, 0.5) is 10.5 Å². The lowest BCUT2D eigenvalue weighted by atomic mass is 10.2. The number of methoxy groups -OCH3 is 1. The fraction of sp³-hybridized carbons (Fsp3) is 0.111. The SMILES string of the molecule is COCOc1ccc(/C=C/c2nc3cc(NC(=O)O)ccc3s2)cc1Br. The molecule has 0 saturated carbocycles. The van der Waals surface area contributed by atoms with Gasteiger partial charge < -0.3 is 14.6 Å². The number of hydrogen-bond acceptors (Lipinski definition) is 5. The van der Waals surface area contributed by atoms with E-state index in [1.807, 2.05) is 36.4 Å². The number of benzene rings is 2. The Bertz CT molecular complexity index is 971. The fourth-order valence-corrected chi connectivity index (χ4v) is 3.61. The first kappa shape index (κ1) is 18.4. The maximum absolute atomic E-state index is 10.7. The number of aromatic nitrogens is 1.